The van der Waals surface area contributed by atoms with E-state index in [0.29, 0.717) is 23.5 Å². The molecule has 11 aromatic rings. The molecule has 0 N–H and O–H groups in total. The number of hydrogen-bond donors (Lipinski definition) is 0. The summed E-state index contributed by atoms with van der Waals surface area (Å²) in [7, 11) is 0. The quantitative estimate of drug-likeness (QED) is 0.127. The molecule has 0 aliphatic carbocycles. The Hall–Kier alpha value is -6.72. The summed E-state index contributed by atoms with van der Waals surface area (Å²) in [5.41, 5.74) is 6.38. The van der Waals surface area contributed by atoms with Crippen molar-refractivity contribution in [2.24, 2.45) is 0 Å². The minimum absolute atomic E-state index is 0. The molecule has 11 rings (SSSR count). The predicted molar refractivity (Wildman–Crippen MR) is 249 cm³/mol. The van der Waals surface area contributed by atoms with E-state index in [2.05, 4.69) is 199 Å². The van der Waals surface area contributed by atoms with Crippen LogP contribution in [0.4, 0.5) is 0 Å². The van der Waals surface area contributed by atoms with Crippen LogP contribution < -0.4 is 0 Å². The first-order chi connectivity index (χ1) is 29.4. The van der Waals surface area contributed by atoms with E-state index in [1.165, 1.54) is 59.6 Å². The molecule has 1 radical (unpaired) electrons. The molecule has 297 valence electrons. The van der Waals surface area contributed by atoms with Gasteiger partial charge in [0.2, 0.25) is 5.82 Å². The van der Waals surface area contributed by atoms with Gasteiger partial charge < -0.3 is 4.98 Å². The van der Waals surface area contributed by atoms with Crippen molar-refractivity contribution >= 4 is 64.6 Å². The fourth-order valence-corrected chi connectivity index (χ4v) is 8.39. The molecule has 5 nitrogen and oxygen atoms in total. The zero-order valence-electron chi connectivity index (χ0n) is 34.3. The average Bonchev–Trinajstić information content (AvgIpc) is 3.32. The predicted octanol–water partition coefficient (Wildman–Crippen LogP) is 14.1. The molecule has 2 heterocycles. The molecule has 0 aliphatic heterocycles. The third kappa shape index (κ3) is 7.43. The van der Waals surface area contributed by atoms with Crippen molar-refractivity contribution in [3.63, 3.8) is 0 Å². The second kappa shape index (κ2) is 16.7. The van der Waals surface area contributed by atoms with Crippen LogP contribution in [0.15, 0.2) is 164 Å². The third-order valence-electron chi connectivity index (χ3n) is 11.5. The minimum atomic E-state index is 0. The average molecular weight is 964 g/mol. The van der Waals surface area contributed by atoms with Crippen molar-refractivity contribution in [1.29, 1.82) is 0 Å². The largest absolute Gasteiger partial charge is 0.305 e. The molecule has 0 bridgehead atoms. The van der Waals surface area contributed by atoms with Crippen LogP contribution in [0.3, 0.4) is 0 Å². The molecule has 2 aromatic heterocycles. The SMILES string of the molecule is CC(C)c1[c-]c(-c2ccccn2)cc(C(C)C)c1.[Ir].[c-]1cc2c3ccccc3c3ccccc3c2cc1-c1nnc(-c2ccc3c4ccccc4c4ccccc4c3c2)nn1. The Morgan fingerprint density at radius 2 is 0.885 bits per heavy atom. The second-order valence-electron chi connectivity index (χ2n) is 16.0. The molecule has 0 aliphatic rings. The van der Waals surface area contributed by atoms with Gasteiger partial charge in [0.15, 0.2) is 0 Å². The Bertz CT molecular complexity index is 3110. The van der Waals surface area contributed by atoms with Gasteiger partial charge in [-0.15, -0.1) is 68.8 Å². The van der Waals surface area contributed by atoms with Crippen LogP contribution in [0.1, 0.15) is 50.7 Å². The molecule has 0 spiro atoms. The summed E-state index contributed by atoms with van der Waals surface area (Å²) in [6.45, 7) is 8.86. The summed E-state index contributed by atoms with van der Waals surface area (Å²) >= 11 is 0. The molecule has 6 heteroatoms. The second-order valence-corrected chi connectivity index (χ2v) is 16.0. The molecule has 9 aromatic carbocycles. The van der Waals surface area contributed by atoms with Crippen molar-refractivity contribution in [3.05, 3.63) is 187 Å². The van der Waals surface area contributed by atoms with Gasteiger partial charge in [0, 0.05) is 31.9 Å². The molecule has 0 unspecified atom stereocenters. The number of pyridine rings is 1. The van der Waals surface area contributed by atoms with Crippen LogP contribution in [0.5, 0.6) is 0 Å². The number of aromatic nitrogens is 5. The van der Waals surface area contributed by atoms with Crippen molar-refractivity contribution in [2.75, 3.05) is 0 Å². The zero-order chi connectivity index (χ0) is 40.7. The molecule has 0 fully saturated rings. The van der Waals surface area contributed by atoms with Gasteiger partial charge in [-0.1, -0.05) is 165 Å². The number of hydrogen-bond acceptors (Lipinski definition) is 5. The molecule has 0 saturated carbocycles. The molecule has 61 heavy (non-hydrogen) atoms. The maximum atomic E-state index is 4.52. The Labute approximate surface area is 368 Å². The van der Waals surface area contributed by atoms with Crippen LogP contribution in [0, 0.1) is 12.1 Å². The van der Waals surface area contributed by atoms with Crippen molar-refractivity contribution in [2.45, 2.75) is 39.5 Å². The van der Waals surface area contributed by atoms with Gasteiger partial charge in [-0.3, -0.25) is 0 Å². The number of benzene rings is 9. The van der Waals surface area contributed by atoms with Crippen LogP contribution in [0.25, 0.3) is 98.7 Å². The molecule has 0 saturated heterocycles. The van der Waals surface area contributed by atoms with Crippen molar-refractivity contribution < 1.29 is 20.1 Å². The smallest absolute Gasteiger partial charge is 0.201 e. The topological polar surface area (TPSA) is 64.5 Å². The van der Waals surface area contributed by atoms with Crippen LogP contribution in [-0.2, 0) is 20.1 Å². The van der Waals surface area contributed by atoms with E-state index in [0.717, 1.165) is 38.5 Å². The summed E-state index contributed by atoms with van der Waals surface area (Å²) in [6, 6.07) is 62.0. The van der Waals surface area contributed by atoms with Gasteiger partial charge in [-0.25, -0.2) is 0 Å². The summed E-state index contributed by atoms with van der Waals surface area (Å²) in [5.74, 6) is 1.97. The summed E-state index contributed by atoms with van der Waals surface area (Å²) in [6.07, 6.45) is 1.83. The van der Waals surface area contributed by atoms with E-state index >= 15 is 0 Å². The first-order valence-electron chi connectivity index (χ1n) is 20.6. The van der Waals surface area contributed by atoms with Crippen LogP contribution in [-0.4, -0.2) is 25.4 Å². The van der Waals surface area contributed by atoms with E-state index in [1.54, 1.807) is 0 Å². The van der Waals surface area contributed by atoms with Gasteiger partial charge in [-0.05, 0) is 78.1 Å². The van der Waals surface area contributed by atoms with Gasteiger partial charge in [0.1, 0.15) is 5.82 Å². The Morgan fingerprint density at radius 1 is 0.410 bits per heavy atom. The van der Waals surface area contributed by atoms with Crippen LogP contribution in [0.2, 0.25) is 0 Å². The first kappa shape index (κ1) is 39.7. The third-order valence-corrected chi connectivity index (χ3v) is 11.5. The van der Waals surface area contributed by atoms with Gasteiger partial charge >= 0.3 is 0 Å². The van der Waals surface area contributed by atoms with E-state index in [9.17, 15) is 0 Å². The van der Waals surface area contributed by atoms with E-state index in [4.69, 9.17) is 0 Å². The first-order valence-corrected chi connectivity index (χ1v) is 20.6. The van der Waals surface area contributed by atoms with E-state index < -0.39 is 0 Å². The van der Waals surface area contributed by atoms with E-state index in [-0.39, 0.29) is 20.1 Å². The fourth-order valence-electron chi connectivity index (χ4n) is 8.39. The monoisotopic (exact) mass is 964 g/mol. The Morgan fingerprint density at radius 3 is 1.39 bits per heavy atom. The van der Waals surface area contributed by atoms with Crippen LogP contribution >= 0.6 is 0 Å². The Balaban J connectivity index is 0.000000212. The molecule has 0 amide bonds. The standard InChI is InChI=1S/C38H21N4.C17H20N.Ir/c1-3-13-29-25(9-1)27-11-5-7-15-31(27)35-21-23(17-19-33(29)35)37-39-41-38(42-40-37)24-18-20-34-30-14-4-2-10-26(30)28-12-6-8-16-32(28)36(34)22-24;1-12(2)14-9-15(13(3)4)11-16(10-14)17-7-5-6-8-18-17;/h1-17,19-22H;5-10,12-13H,1-4H3;/q2*-1;. The van der Waals surface area contributed by atoms with Crippen molar-refractivity contribution in [3.8, 4) is 34.0 Å². The van der Waals surface area contributed by atoms with Gasteiger partial charge in [-0.2, -0.15) is 10.2 Å². The zero-order valence-corrected chi connectivity index (χ0v) is 36.7. The molecular formula is C55H41IrN5-2. The maximum absolute atomic E-state index is 4.52. The number of rotatable bonds is 5. The number of fused-ring (bicyclic) bond motifs is 12. The molecule has 0 atom stereocenters. The fraction of sp³-hybridized carbons (Fsp3) is 0.109. The van der Waals surface area contributed by atoms with Gasteiger partial charge in [0.05, 0.1) is 0 Å². The van der Waals surface area contributed by atoms with Gasteiger partial charge in [0.25, 0.3) is 0 Å². The Kier molecular flexibility index (Phi) is 10.9. The summed E-state index contributed by atoms with van der Waals surface area (Å²) in [4.78, 5) is 4.42. The normalized spacial score (nSPS) is 11.4. The summed E-state index contributed by atoms with van der Waals surface area (Å²) in [5, 5.41) is 32.5. The maximum Gasteiger partial charge on any atom is 0.201 e. The summed E-state index contributed by atoms with van der Waals surface area (Å²) < 4.78 is 0. The number of nitrogens with zero attached hydrogens (tertiary/aromatic N) is 5. The van der Waals surface area contributed by atoms with E-state index in [1.807, 2.05) is 30.5 Å². The van der Waals surface area contributed by atoms with Crippen molar-refractivity contribution in [1.82, 2.24) is 25.4 Å². The minimum Gasteiger partial charge on any atom is -0.305 e. The molecular weight excluding hydrogens is 923 g/mol.